The molecule has 0 unspecified atom stereocenters. The number of hydrogen-bond donors (Lipinski definition) is 1. The second-order valence-electron chi connectivity index (χ2n) is 6.89. The number of benzene rings is 2. The molecule has 2 aromatic carbocycles. The lowest BCUT2D eigenvalue weighted by Crippen LogP contribution is -2.29. The predicted molar refractivity (Wildman–Crippen MR) is 111 cm³/mol. The van der Waals surface area contributed by atoms with E-state index >= 15 is 0 Å². The Balaban J connectivity index is 1.95. The van der Waals surface area contributed by atoms with Gasteiger partial charge in [-0.05, 0) is 31.5 Å². The molecule has 146 valence electrons. The van der Waals surface area contributed by atoms with Gasteiger partial charge in [0.1, 0.15) is 11.5 Å². The van der Waals surface area contributed by atoms with Crippen molar-refractivity contribution in [1.29, 1.82) is 0 Å². The molecule has 6 nitrogen and oxygen atoms in total. The molecule has 1 aromatic heterocycles. The van der Waals surface area contributed by atoms with Crippen LogP contribution in [0.4, 0.5) is 5.82 Å². The van der Waals surface area contributed by atoms with E-state index in [9.17, 15) is 14.7 Å². The Bertz CT molecular complexity index is 1150. The van der Waals surface area contributed by atoms with Crippen molar-refractivity contribution < 1.29 is 19.2 Å². The van der Waals surface area contributed by atoms with Gasteiger partial charge >= 0.3 is 5.91 Å². The summed E-state index contributed by atoms with van der Waals surface area (Å²) in [7, 11) is 0. The first-order chi connectivity index (χ1) is 13.9. The lowest BCUT2D eigenvalue weighted by Gasteiger charge is -2.23. The van der Waals surface area contributed by atoms with Crippen molar-refractivity contribution in [1.82, 2.24) is 5.16 Å². The third-order valence-corrected chi connectivity index (χ3v) is 5.29. The average Bonchev–Trinajstić information content (AvgIpc) is 3.23. The number of carbonyl (C=O) groups excluding carboxylic acids is 2. The summed E-state index contributed by atoms with van der Waals surface area (Å²) in [5.41, 5.74) is 2.15. The molecular weight excluding hydrogens is 436 g/mol. The second-order valence-corrected chi connectivity index (χ2v) is 7.80. The van der Waals surface area contributed by atoms with Gasteiger partial charge in [-0.2, -0.15) is 0 Å². The quantitative estimate of drug-likeness (QED) is 0.354. The van der Waals surface area contributed by atoms with Gasteiger partial charge in [-0.3, -0.25) is 14.5 Å². The van der Waals surface area contributed by atoms with Crippen LogP contribution < -0.4 is 4.90 Å². The topological polar surface area (TPSA) is 83.6 Å². The molecule has 1 amide bonds. The number of Topliss-reactive ketones (excluding diaryl/α,β-unsaturated/α-hetero) is 1. The van der Waals surface area contributed by atoms with Crippen LogP contribution in [-0.4, -0.2) is 22.0 Å². The number of hydrogen-bond acceptors (Lipinski definition) is 5. The summed E-state index contributed by atoms with van der Waals surface area (Å²) in [5, 5.41) is 14.9. The Morgan fingerprint density at radius 3 is 2.45 bits per heavy atom. The average molecular weight is 453 g/mol. The smallest absolute Gasteiger partial charge is 0.301 e. The Kier molecular flexibility index (Phi) is 4.84. The summed E-state index contributed by atoms with van der Waals surface area (Å²) in [4.78, 5) is 27.2. The molecule has 0 bridgehead atoms. The molecule has 29 heavy (non-hydrogen) atoms. The van der Waals surface area contributed by atoms with Gasteiger partial charge in [0.25, 0.3) is 5.78 Å². The van der Waals surface area contributed by atoms with Crippen LogP contribution in [0.15, 0.2) is 69.2 Å². The van der Waals surface area contributed by atoms with Gasteiger partial charge in [-0.15, -0.1) is 0 Å². The van der Waals surface area contributed by atoms with Gasteiger partial charge < -0.3 is 9.63 Å². The van der Waals surface area contributed by atoms with E-state index in [2.05, 4.69) is 21.1 Å². The van der Waals surface area contributed by atoms with Crippen LogP contribution in [0.25, 0.3) is 5.76 Å². The van der Waals surface area contributed by atoms with Gasteiger partial charge in [0.2, 0.25) is 0 Å². The second kappa shape index (κ2) is 7.33. The molecule has 2 heterocycles. The van der Waals surface area contributed by atoms with Crippen molar-refractivity contribution in [3.05, 3.63) is 87.1 Å². The summed E-state index contributed by atoms with van der Waals surface area (Å²) >= 11 is 3.43. The summed E-state index contributed by atoms with van der Waals surface area (Å²) in [6, 6.07) is 15.1. The maximum absolute atomic E-state index is 13.0. The van der Waals surface area contributed by atoms with Gasteiger partial charge in [0.05, 0.1) is 11.6 Å². The fourth-order valence-electron chi connectivity index (χ4n) is 3.39. The molecular formula is C22H17BrN2O4. The minimum absolute atomic E-state index is 0.0117. The van der Waals surface area contributed by atoms with Crippen LogP contribution >= 0.6 is 15.9 Å². The highest BCUT2D eigenvalue weighted by Crippen LogP contribution is 2.42. The zero-order chi connectivity index (χ0) is 20.7. The molecule has 0 radical (unpaired) electrons. The molecule has 0 spiro atoms. The standard InChI is InChI=1S/C22H17BrN2O4/c1-12-6-8-14(9-7-12)20(26)18-19(15-4-3-5-16(23)11-15)25(22(28)21(18)27)17-10-13(2)29-24-17/h3-11,19,26H,1-2H3/b20-18+/t19-/m1/s1. The molecule has 1 N–H and O–H groups in total. The largest absolute Gasteiger partial charge is 0.507 e. The van der Waals surface area contributed by atoms with Crippen LogP contribution in [0.5, 0.6) is 0 Å². The van der Waals surface area contributed by atoms with E-state index in [1.807, 2.05) is 25.1 Å². The molecule has 1 aliphatic rings. The molecule has 7 heteroatoms. The number of aliphatic hydroxyl groups is 1. The van der Waals surface area contributed by atoms with Crippen LogP contribution in [0.3, 0.4) is 0 Å². The van der Waals surface area contributed by atoms with E-state index in [1.54, 1.807) is 43.3 Å². The fourth-order valence-corrected chi connectivity index (χ4v) is 3.81. The first kappa shape index (κ1) is 19.1. The number of halogens is 1. The lowest BCUT2D eigenvalue weighted by atomic mass is 9.95. The molecule has 1 saturated heterocycles. The van der Waals surface area contributed by atoms with Gasteiger partial charge in [0.15, 0.2) is 5.82 Å². The zero-order valence-electron chi connectivity index (χ0n) is 15.7. The van der Waals surface area contributed by atoms with Crippen molar-refractivity contribution in [3.63, 3.8) is 0 Å². The Morgan fingerprint density at radius 1 is 1.10 bits per heavy atom. The SMILES string of the molecule is Cc1ccc(/C(O)=C2\C(=O)C(=O)N(c3cc(C)on3)[C@@H]2c2cccc(Br)c2)cc1. The monoisotopic (exact) mass is 452 g/mol. The highest BCUT2D eigenvalue weighted by atomic mass is 79.9. The molecule has 0 saturated carbocycles. The number of aryl methyl sites for hydroxylation is 2. The van der Waals surface area contributed by atoms with Crippen LogP contribution in [0.1, 0.15) is 28.5 Å². The number of aromatic nitrogens is 1. The minimum atomic E-state index is -0.835. The van der Waals surface area contributed by atoms with E-state index in [4.69, 9.17) is 4.52 Å². The van der Waals surface area contributed by atoms with E-state index in [1.165, 1.54) is 4.90 Å². The summed E-state index contributed by atoms with van der Waals surface area (Å²) in [5.74, 6) is -1.03. The number of carbonyl (C=O) groups is 2. The number of aliphatic hydroxyl groups excluding tert-OH is 1. The Labute approximate surface area is 175 Å². The molecule has 1 aliphatic heterocycles. The molecule has 1 fully saturated rings. The van der Waals surface area contributed by atoms with Crippen molar-refractivity contribution in [2.24, 2.45) is 0 Å². The number of rotatable bonds is 3. The number of amides is 1. The molecule has 1 atom stereocenters. The first-order valence-electron chi connectivity index (χ1n) is 8.93. The summed E-state index contributed by atoms with van der Waals surface area (Å²) < 4.78 is 5.90. The normalized spacial score (nSPS) is 18.4. The summed E-state index contributed by atoms with van der Waals surface area (Å²) in [6.45, 7) is 3.63. The fraction of sp³-hybridized carbons (Fsp3) is 0.136. The maximum atomic E-state index is 13.0. The van der Waals surface area contributed by atoms with E-state index < -0.39 is 17.7 Å². The summed E-state index contributed by atoms with van der Waals surface area (Å²) in [6.07, 6.45) is 0. The minimum Gasteiger partial charge on any atom is -0.507 e. The molecule has 4 rings (SSSR count). The van der Waals surface area contributed by atoms with E-state index in [0.29, 0.717) is 16.9 Å². The predicted octanol–water partition coefficient (Wildman–Crippen LogP) is 4.68. The van der Waals surface area contributed by atoms with E-state index in [0.717, 1.165) is 10.0 Å². The van der Waals surface area contributed by atoms with Crippen LogP contribution in [0.2, 0.25) is 0 Å². The maximum Gasteiger partial charge on any atom is 0.301 e. The Morgan fingerprint density at radius 2 is 1.83 bits per heavy atom. The van der Waals surface area contributed by atoms with Crippen LogP contribution in [0, 0.1) is 13.8 Å². The first-order valence-corrected chi connectivity index (χ1v) is 9.73. The van der Waals surface area contributed by atoms with Gasteiger partial charge in [-0.25, -0.2) is 0 Å². The van der Waals surface area contributed by atoms with Crippen molar-refractivity contribution in [2.45, 2.75) is 19.9 Å². The molecule has 0 aliphatic carbocycles. The van der Waals surface area contributed by atoms with Crippen molar-refractivity contribution in [2.75, 3.05) is 4.90 Å². The van der Waals surface area contributed by atoms with Crippen molar-refractivity contribution >= 4 is 39.2 Å². The number of ketones is 1. The van der Waals surface area contributed by atoms with Crippen molar-refractivity contribution in [3.8, 4) is 0 Å². The van der Waals surface area contributed by atoms with Gasteiger partial charge in [0, 0.05) is 16.1 Å². The number of nitrogens with zero attached hydrogens (tertiary/aromatic N) is 2. The molecule has 3 aromatic rings. The third-order valence-electron chi connectivity index (χ3n) is 4.80. The van der Waals surface area contributed by atoms with Crippen LogP contribution in [-0.2, 0) is 9.59 Å². The number of anilines is 1. The van der Waals surface area contributed by atoms with Gasteiger partial charge in [-0.1, -0.05) is 63.0 Å². The third kappa shape index (κ3) is 3.38. The lowest BCUT2D eigenvalue weighted by molar-refractivity contribution is -0.132. The highest BCUT2D eigenvalue weighted by molar-refractivity contribution is 9.10. The van der Waals surface area contributed by atoms with E-state index in [-0.39, 0.29) is 17.2 Å². The highest BCUT2D eigenvalue weighted by Gasteiger charge is 2.48. The zero-order valence-corrected chi connectivity index (χ0v) is 17.3. The Hall–Kier alpha value is -3.19.